The Balaban J connectivity index is 2.89. The molecule has 1 saturated heterocycles. The zero-order valence-electron chi connectivity index (χ0n) is 15.4. The normalized spacial score (nSPS) is 30.3. The summed E-state index contributed by atoms with van der Waals surface area (Å²) in [5.74, 6) is -0.394. The lowest BCUT2D eigenvalue weighted by Crippen LogP contribution is -2.64. The van der Waals surface area contributed by atoms with Crippen molar-refractivity contribution in [3.63, 3.8) is 0 Å². The van der Waals surface area contributed by atoms with Crippen molar-refractivity contribution in [3.8, 4) is 0 Å². The molecule has 2 N–H and O–H groups in total. The van der Waals surface area contributed by atoms with Crippen LogP contribution in [0, 0.1) is 0 Å². The topological polar surface area (TPSA) is 89.2 Å². The molecule has 24 heavy (non-hydrogen) atoms. The van der Waals surface area contributed by atoms with Gasteiger partial charge in [-0.3, -0.25) is 4.79 Å². The van der Waals surface area contributed by atoms with E-state index in [9.17, 15) is 4.79 Å². The standard InChI is InChI=1S/C17H33NO6/c1-5-8-20-11-13-15(23-12(4)19)16(21-9-6-2)14(18)17(24-13)22-10-7-3/h13-17H,5-11,18H2,1-4H3/t13-,14-,15-,16-,17?/m1/s1. The molecule has 0 spiro atoms. The van der Waals surface area contributed by atoms with E-state index in [4.69, 9.17) is 29.4 Å². The third-order valence-corrected chi connectivity index (χ3v) is 3.63. The Morgan fingerprint density at radius 1 is 1.00 bits per heavy atom. The number of rotatable bonds is 11. The highest BCUT2D eigenvalue weighted by Gasteiger charge is 2.47. The Kier molecular flexibility index (Phi) is 10.4. The highest BCUT2D eigenvalue weighted by Crippen LogP contribution is 2.26. The highest BCUT2D eigenvalue weighted by atomic mass is 16.7. The number of hydrogen-bond acceptors (Lipinski definition) is 7. The maximum atomic E-state index is 11.5. The summed E-state index contributed by atoms with van der Waals surface area (Å²) in [6.45, 7) is 9.41. The number of carbonyl (C=O) groups excluding carboxylic acids is 1. The van der Waals surface area contributed by atoms with Crippen LogP contribution in [0.4, 0.5) is 0 Å². The van der Waals surface area contributed by atoms with Crippen molar-refractivity contribution in [2.45, 2.75) is 77.6 Å². The molecule has 0 aromatic carbocycles. The molecule has 7 heteroatoms. The average Bonchev–Trinajstić information content (AvgIpc) is 2.55. The first-order chi connectivity index (χ1) is 11.5. The van der Waals surface area contributed by atoms with Crippen LogP contribution in [-0.2, 0) is 28.5 Å². The second-order valence-electron chi connectivity index (χ2n) is 5.98. The van der Waals surface area contributed by atoms with E-state index in [1.807, 2.05) is 20.8 Å². The summed E-state index contributed by atoms with van der Waals surface area (Å²) >= 11 is 0. The van der Waals surface area contributed by atoms with E-state index in [0.29, 0.717) is 26.4 Å². The molecule has 0 aromatic rings. The van der Waals surface area contributed by atoms with Crippen LogP contribution in [0.3, 0.4) is 0 Å². The lowest BCUT2D eigenvalue weighted by molar-refractivity contribution is -0.278. The Morgan fingerprint density at radius 3 is 2.21 bits per heavy atom. The molecule has 1 fully saturated rings. The van der Waals surface area contributed by atoms with Gasteiger partial charge in [-0.2, -0.15) is 0 Å². The van der Waals surface area contributed by atoms with Gasteiger partial charge in [0.25, 0.3) is 0 Å². The summed E-state index contributed by atoms with van der Waals surface area (Å²) in [6.07, 6.45) is 0.432. The van der Waals surface area contributed by atoms with Gasteiger partial charge < -0.3 is 29.4 Å². The molecular weight excluding hydrogens is 314 g/mol. The van der Waals surface area contributed by atoms with Crippen LogP contribution in [-0.4, -0.2) is 63.0 Å². The maximum Gasteiger partial charge on any atom is 0.303 e. The van der Waals surface area contributed by atoms with Gasteiger partial charge in [-0.25, -0.2) is 0 Å². The fourth-order valence-electron chi connectivity index (χ4n) is 2.58. The molecule has 7 nitrogen and oxygen atoms in total. The van der Waals surface area contributed by atoms with Gasteiger partial charge >= 0.3 is 5.97 Å². The first kappa shape index (κ1) is 21.3. The van der Waals surface area contributed by atoms with Crippen LogP contribution in [0.5, 0.6) is 0 Å². The molecule has 1 aliphatic heterocycles. The van der Waals surface area contributed by atoms with E-state index in [2.05, 4.69) is 0 Å². The smallest absolute Gasteiger partial charge is 0.303 e. The van der Waals surface area contributed by atoms with Crippen molar-refractivity contribution in [1.82, 2.24) is 0 Å². The molecule has 142 valence electrons. The van der Waals surface area contributed by atoms with E-state index in [1.54, 1.807) is 0 Å². The Hall–Kier alpha value is -0.730. The minimum atomic E-state index is -0.609. The van der Waals surface area contributed by atoms with Crippen LogP contribution >= 0.6 is 0 Å². The van der Waals surface area contributed by atoms with E-state index in [0.717, 1.165) is 19.3 Å². The predicted octanol–water partition coefficient (Wildman–Crippen LogP) is 1.62. The third-order valence-electron chi connectivity index (χ3n) is 3.63. The summed E-state index contributed by atoms with van der Waals surface area (Å²) < 4.78 is 28.6. The number of esters is 1. The number of hydrogen-bond donors (Lipinski definition) is 1. The number of carbonyl (C=O) groups is 1. The van der Waals surface area contributed by atoms with Crippen molar-refractivity contribution < 1.29 is 28.5 Å². The van der Waals surface area contributed by atoms with Gasteiger partial charge in [0.2, 0.25) is 0 Å². The summed E-state index contributed by atoms with van der Waals surface area (Å²) in [5.41, 5.74) is 6.28. The van der Waals surface area contributed by atoms with Gasteiger partial charge in [-0.1, -0.05) is 20.8 Å². The van der Waals surface area contributed by atoms with Crippen molar-refractivity contribution >= 4 is 5.97 Å². The van der Waals surface area contributed by atoms with Crippen LogP contribution in [0.25, 0.3) is 0 Å². The Labute approximate surface area is 145 Å². The van der Waals surface area contributed by atoms with Gasteiger partial charge in [0.05, 0.1) is 12.6 Å². The minimum absolute atomic E-state index is 0.302. The predicted molar refractivity (Wildman–Crippen MR) is 89.6 cm³/mol. The second-order valence-corrected chi connectivity index (χ2v) is 5.98. The molecule has 1 unspecified atom stereocenters. The zero-order chi connectivity index (χ0) is 17.9. The molecule has 0 radical (unpaired) electrons. The second kappa shape index (κ2) is 11.8. The summed E-state index contributed by atoms with van der Waals surface area (Å²) in [7, 11) is 0. The molecule has 0 bridgehead atoms. The van der Waals surface area contributed by atoms with Gasteiger partial charge in [0.15, 0.2) is 12.4 Å². The lowest BCUT2D eigenvalue weighted by Gasteiger charge is -2.44. The van der Waals surface area contributed by atoms with Gasteiger partial charge in [0, 0.05) is 26.7 Å². The molecule has 0 aliphatic carbocycles. The lowest BCUT2D eigenvalue weighted by atomic mass is 9.97. The number of nitrogens with two attached hydrogens (primary N) is 1. The SMILES string of the molecule is CCCOC[C@H]1OC(OCCC)[C@H](N)[C@@H](OCCC)[C@@H]1OC(C)=O. The van der Waals surface area contributed by atoms with Crippen LogP contribution in [0.15, 0.2) is 0 Å². The van der Waals surface area contributed by atoms with E-state index < -0.39 is 36.6 Å². The maximum absolute atomic E-state index is 11.5. The Bertz CT molecular complexity index is 354. The Morgan fingerprint density at radius 2 is 1.62 bits per heavy atom. The van der Waals surface area contributed by atoms with E-state index in [1.165, 1.54) is 6.92 Å². The molecule has 0 aromatic heterocycles. The van der Waals surface area contributed by atoms with Gasteiger partial charge in [-0.15, -0.1) is 0 Å². The van der Waals surface area contributed by atoms with E-state index >= 15 is 0 Å². The van der Waals surface area contributed by atoms with Crippen molar-refractivity contribution in [2.75, 3.05) is 26.4 Å². The fraction of sp³-hybridized carbons (Fsp3) is 0.941. The van der Waals surface area contributed by atoms with Crippen LogP contribution in [0.1, 0.15) is 47.0 Å². The highest BCUT2D eigenvalue weighted by molar-refractivity contribution is 5.66. The van der Waals surface area contributed by atoms with Crippen molar-refractivity contribution in [2.24, 2.45) is 5.73 Å². The molecule has 1 aliphatic rings. The molecule has 1 heterocycles. The third kappa shape index (κ3) is 6.64. The number of ether oxygens (including phenoxy) is 5. The summed E-state index contributed by atoms with van der Waals surface area (Å²) in [4.78, 5) is 11.5. The van der Waals surface area contributed by atoms with Crippen LogP contribution in [0.2, 0.25) is 0 Å². The van der Waals surface area contributed by atoms with Gasteiger partial charge in [0.1, 0.15) is 12.2 Å². The summed E-state index contributed by atoms with van der Waals surface area (Å²) in [6, 6.07) is -0.533. The molecule has 0 amide bonds. The molecule has 0 saturated carbocycles. The molecular formula is C17H33NO6. The van der Waals surface area contributed by atoms with Crippen molar-refractivity contribution in [3.05, 3.63) is 0 Å². The average molecular weight is 347 g/mol. The fourth-order valence-corrected chi connectivity index (χ4v) is 2.58. The molecule has 5 atom stereocenters. The summed E-state index contributed by atoms with van der Waals surface area (Å²) in [5, 5.41) is 0. The monoisotopic (exact) mass is 347 g/mol. The largest absolute Gasteiger partial charge is 0.457 e. The quantitative estimate of drug-likeness (QED) is 0.449. The van der Waals surface area contributed by atoms with Crippen LogP contribution < -0.4 is 5.73 Å². The van der Waals surface area contributed by atoms with Crippen molar-refractivity contribution in [1.29, 1.82) is 0 Å². The zero-order valence-corrected chi connectivity index (χ0v) is 15.4. The van der Waals surface area contributed by atoms with Gasteiger partial charge in [-0.05, 0) is 19.3 Å². The first-order valence-electron chi connectivity index (χ1n) is 8.94. The minimum Gasteiger partial charge on any atom is -0.457 e. The van der Waals surface area contributed by atoms with E-state index in [-0.39, 0.29) is 0 Å². The first-order valence-corrected chi connectivity index (χ1v) is 8.94. The molecule has 1 rings (SSSR count).